The molecule has 0 aliphatic heterocycles. The molecule has 0 saturated heterocycles. The summed E-state index contributed by atoms with van der Waals surface area (Å²) in [6.45, 7) is 2.61. The molecule has 0 aliphatic rings. The average molecular weight is 286 g/mol. The van der Waals surface area contributed by atoms with Crippen molar-refractivity contribution in [2.45, 2.75) is 30.7 Å². The van der Waals surface area contributed by atoms with Crippen LogP contribution in [0.25, 0.3) is 0 Å². The van der Waals surface area contributed by atoms with Crippen LogP contribution in [-0.2, 0) is 10.0 Å². The Morgan fingerprint density at radius 1 is 1.42 bits per heavy atom. The van der Waals surface area contributed by atoms with E-state index in [0.717, 1.165) is 17.1 Å². The van der Waals surface area contributed by atoms with Crippen molar-refractivity contribution < 1.29 is 8.42 Å². The minimum Gasteiger partial charge on any atom is -0.366 e. The molecule has 0 aliphatic carbocycles. The maximum atomic E-state index is 11.9. The zero-order valence-electron chi connectivity index (χ0n) is 11.6. The molecule has 0 fully saturated rings. The fourth-order valence-electron chi connectivity index (χ4n) is 1.64. The highest BCUT2D eigenvalue weighted by atomic mass is 32.2. The molecule has 0 saturated carbocycles. The van der Waals surface area contributed by atoms with Crippen molar-refractivity contribution in [1.82, 2.24) is 9.29 Å². The van der Waals surface area contributed by atoms with Crippen molar-refractivity contribution in [1.29, 1.82) is 0 Å². The number of hydrogen-bond acceptors (Lipinski definition) is 5. The van der Waals surface area contributed by atoms with Gasteiger partial charge in [-0.25, -0.2) is 17.7 Å². The van der Waals surface area contributed by atoms with Gasteiger partial charge in [0.1, 0.15) is 10.7 Å². The van der Waals surface area contributed by atoms with Crippen LogP contribution in [0.2, 0.25) is 0 Å². The molecule has 1 atom stereocenters. The van der Waals surface area contributed by atoms with E-state index in [-0.39, 0.29) is 10.9 Å². The Kier molecular flexibility index (Phi) is 5.71. The first-order chi connectivity index (χ1) is 8.91. The van der Waals surface area contributed by atoms with Crippen LogP contribution in [0, 0.1) is 0 Å². The van der Waals surface area contributed by atoms with Gasteiger partial charge >= 0.3 is 0 Å². The third-order valence-electron chi connectivity index (χ3n) is 2.79. The van der Waals surface area contributed by atoms with Crippen molar-refractivity contribution in [3.63, 3.8) is 0 Å². The molecule has 0 amide bonds. The van der Waals surface area contributed by atoms with E-state index in [1.54, 1.807) is 12.1 Å². The highest BCUT2D eigenvalue weighted by molar-refractivity contribution is 7.89. The summed E-state index contributed by atoms with van der Waals surface area (Å²) in [6, 6.07) is 3.37. The van der Waals surface area contributed by atoms with Gasteiger partial charge in [-0.15, -0.1) is 0 Å². The van der Waals surface area contributed by atoms with Crippen LogP contribution in [0.4, 0.5) is 5.82 Å². The van der Waals surface area contributed by atoms with Gasteiger partial charge in [-0.1, -0.05) is 13.3 Å². The summed E-state index contributed by atoms with van der Waals surface area (Å²) in [4.78, 5) is 4.31. The van der Waals surface area contributed by atoms with Gasteiger partial charge in [0.25, 0.3) is 0 Å². The third kappa shape index (κ3) is 4.15. The summed E-state index contributed by atoms with van der Waals surface area (Å²) < 4.78 is 24.9. The lowest BCUT2D eigenvalue weighted by Crippen LogP contribution is -2.29. The van der Waals surface area contributed by atoms with E-state index >= 15 is 0 Å². The summed E-state index contributed by atoms with van der Waals surface area (Å²) in [5.74, 6) is 0.640. The summed E-state index contributed by atoms with van der Waals surface area (Å²) in [6.07, 6.45) is 3.34. The molecule has 0 bridgehead atoms. The van der Waals surface area contributed by atoms with Gasteiger partial charge in [-0.2, -0.15) is 0 Å². The zero-order valence-corrected chi connectivity index (χ0v) is 12.4. The van der Waals surface area contributed by atoms with Crippen molar-refractivity contribution >= 4 is 15.8 Å². The smallest absolute Gasteiger partial charge is 0.244 e. The number of aromatic nitrogens is 1. The normalized spacial score (nSPS) is 13.5. The fourth-order valence-corrected chi connectivity index (χ4v) is 2.48. The second-order valence-electron chi connectivity index (χ2n) is 4.53. The number of nitrogens with zero attached hydrogens (tertiary/aromatic N) is 2. The third-order valence-corrected chi connectivity index (χ3v) is 4.59. The first-order valence-electron chi connectivity index (χ1n) is 6.27. The van der Waals surface area contributed by atoms with E-state index in [1.165, 1.54) is 20.3 Å². The minimum absolute atomic E-state index is 0.161. The van der Waals surface area contributed by atoms with Crippen molar-refractivity contribution in [2.24, 2.45) is 5.73 Å². The number of rotatable bonds is 7. The van der Waals surface area contributed by atoms with Crippen LogP contribution >= 0.6 is 0 Å². The Morgan fingerprint density at radius 3 is 2.53 bits per heavy atom. The van der Waals surface area contributed by atoms with E-state index in [2.05, 4.69) is 17.2 Å². The zero-order chi connectivity index (χ0) is 14.5. The molecule has 1 unspecified atom stereocenters. The number of nitrogens with one attached hydrogen (secondary N) is 1. The second-order valence-corrected chi connectivity index (χ2v) is 6.68. The molecule has 1 rings (SSSR count). The molecule has 7 heteroatoms. The predicted molar refractivity (Wildman–Crippen MR) is 76.5 cm³/mol. The summed E-state index contributed by atoms with van der Waals surface area (Å²) in [7, 11) is -0.433. The van der Waals surface area contributed by atoms with E-state index < -0.39 is 10.0 Å². The van der Waals surface area contributed by atoms with Gasteiger partial charge < -0.3 is 11.1 Å². The molecule has 108 valence electrons. The first kappa shape index (κ1) is 15.9. The molecule has 0 radical (unpaired) electrons. The van der Waals surface area contributed by atoms with Crippen molar-refractivity contribution in [2.75, 3.05) is 26.0 Å². The average Bonchev–Trinajstić information content (AvgIpc) is 2.38. The van der Waals surface area contributed by atoms with Crippen LogP contribution in [0.5, 0.6) is 0 Å². The Hall–Kier alpha value is -1.18. The van der Waals surface area contributed by atoms with E-state index in [0.29, 0.717) is 12.4 Å². The molecular formula is C12H22N4O2S. The quantitative estimate of drug-likeness (QED) is 0.776. The topological polar surface area (TPSA) is 88.3 Å². The van der Waals surface area contributed by atoms with Gasteiger partial charge in [0.05, 0.1) is 0 Å². The monoisotopic (exact) mass is 286 g/mol. The minimum atomic E-state index is -3.42. The summed E-state index contributed by atoms with van der Waals surface area (Å²) >= 11 is 0. The lowest BCUT2D eigenvalue weighted by molar-refractivity contribution is 0.520. The van der Waals surface area contributed by atoms with Crippen LogP contribution in [-0.4, -0.2) is 44.4 Å². The molecule has 1 aromatic heterocycles. The van der Waals surface area contributed by atoms with Gasteiger partial charge in [-0.3, -0.25) is 0 Å². The number of pyridine rings is 1. The largest absolute Gasteiger partial charge is 0.366 e. The van der Waals surface area contributed by atoms with Gasteiger partial charge in [0.15, 0.2) is 0 Å². The molecule has 0 spiro atoms. The maximum absolute atomic E-state index is 11.9. The van der Waals surface area contributed by atoms with Crippen LogP contribution in [0.3, 0.4) is 0 Å². The van der Waals surface area contributed by atoms with E-state index in [4.69, 9.17) is 5.73 Å². The first-order valence-corrected chi connectivity index (χ1v) is 7.71. The van der Waals surface area contributed by atoms with Crippen LogP contribution < -0.4 is 11.1 Å². The number of nitrogens with two attached hydrogens (primary N) is 1. The molecule has 1 heterocycles. The highest BCUT2D eigenvalue weighted by Gasteiger charge is 2.17. The Balaban J connectivity index is 2.82. The summed E-state index contributed by atoms with van der Waals surface area (Å²) in [5, 5.41) is 3.19. The number of sulfonamides is 1. The number of anilines is 1. The Morgan fingerprint density at radius 2 is 2.11 bits per heavy atom. The molecule has 0 aromatic carbocycles. The van der Waals surface area contributed by atoms with Crippen LogP contribution in [0.15, 0.2) is 23.2 Å². The summed E-state index contributed by atoms with van der Waals surface area (Å²) in [5.41, 5.74) is 5.65. The highest BCUT2D eigenvalue weighted by Crippen LogP contribution is 2.14. The predicted octanol–water partition coefficient (Wildman–Crippen LogP) is 0.871. The van der Waals surface area contributed by atoms with Crippen molar-refractivity contribution in [3.8, 4) is 0 Å². The molecular weight excluding hydrogens is 264 g/mol. The second kappa shape index (κ2) is 6.83. The maximum Gasteiger partial charge on any atom is 0.244 e. The molecule has 6 nitrogen and oxygen atoms in total. The lowest BCUT2D eigenvalue weighted by atomic mass is 10.2. The van der Waals surface area contributed by atoms with Gasteiger partial charge in [0.2, 0.25) is 10.0 Å². The van der Waals surface area contributed by atoms with Gasteiger partial charge in [0, 0.05) is 32.9 Å². The SMILES string of the molecule is CCCC(CN)Nc1ccc(S(=O)(=O)N(C)C)cn1. The van der Waals surface area contributed by atoms with E-state index in [1.807, 2.05) is 0 Å². The standard InChI is InChI=1S/C12H22N4O2S/c1-4-5-10(8-13)15-12-7-6-11(9-14-12)19(17,18)16(2)3/h6-7,9-10H,4-5,8,13H2,1-3H3,(H,14,15). The molecule has 19 heavy (non-hydrogen) atoms. The molecule has 1 aromatic rings. The van der Waals surface area contributed by atoms with E-state index in [9.17, 15) is 8.42 Å². The fraction of sp³-hybridized carbons (Fsp3) is 0.583. The lowest BCUT2D eigenvalue weighted by Gasteiger charge is -2.17. The Bertz CT molecular complexity index is 485. The molecule has 3 N–H and O–H groups in total. The van der Waals surface area contributed by atoms with Crippen molar-refractivity contribution in [3.05, 3.63) is 18.3 Å². The Labute approximate surface area is 115 Å². The number of hydrogen-bond donors (Lipinski definition) is 2. The van der Waals surface area contributed by atoms with Gasteiger partial charge in [-0.05, 0) is 18.6 Å². The van der Waals surface area contributed by atoms with Crippen LogP contribution in [0.1, 0.15) is 19.8 Å².